The minimum absolute atomic E-state index is 0.284. The second-order valence-electron chi connectivity index (χ2n) is 5.62. The fourth-order valence-corrected chi connectivity index (χ4v) is 1.64. The van der Waals surface area contributed by atoms with E-state index in [1.165, 1.54) is 6.92 Å². The van der Waals surface area contributed by atoms with E-state index < -0.39 is 12.1 Å². The van der Waals surface area contributed by atoms with Gasteiger partial charge in [-0.1, -0.05) is 17.7 Å². The number of amides is 1. The van der Waals surface area contributed by atoms with Crippen molar-refractivity contribution in [3.05, 3.63) is 29.3 Å². The van der Waals surface area contributed by atoms with Gasteiger partial charge in [-0.2, -0.15) is 0 Å². The molecule has 1 amide bonds. The Bertz CT molecular complexity index is 511. The average molecular weight is 314 g/mol. The van der Waals surface area contributed by atoms with Crippen molar-refractivity contribution in [1.29, 1.82) is 0 Å². The minimum atomic E-state index is -0.875. The number of hydrogen-bond donors (Lipinski definition) is 1. The summed E-state index contributed by atoms with van der Waals surface area (Å²) in [5, 5.41) is 3.24. The summed E-state index contributed by atoms with van der Waals surface area (Å²) in [6.07, 6.45) is -0.875. The van der Waals surface area contributed by atoms with Gasteiger partial charge in [0.25, 0.3) is 5.91 Å². The zero-order chi connectivity index (χ0) is 16.0. The summed E-state index contributed by atoms with van der Waals surface area (Å²) in [6, 6.07) is 6.67. The molecule has 0 saturated heterocycles. The third kappa shape index (κ3) is 6.99. The highest BCUT2D eigenvalue weighted by Crippen LogP contribution is 2.17. The van der Waals surface area contributed by atoms with Gasteiger partial charge in [-0.25, -0.2) is 4.79 Å². The number of hydrogen-bond acceptors (Lipinski definition) is 4. The van der Waals surface area contributed by atoms with Gasteiger partial charge >= 0.3 is 5.97 Å². The first-order valence-electron chi connectivity index (χ1n) is 6.57. The maximum atomic E-state index is 11.8. The normalized spacial score (nSPS) is 12.4. The lowest BCUT2D eigenvalue weighted by Crippen LogP contribution is -2.46. The molecule has 6 heteroatoms. The molecule has 5 nitrogen and oxygen atoms in total. The van der Waals surface area contributed by atoms with Crippen LogP contribution in [0.15, 0.2) is 24.3 Å². The van der Waals surface area contributed by atoms with Crippen LogP contribution in [0.25, 0.3) is 0 Å². The Balaban J connectivity index is 2.41. The first kappa shape index (κ1) is 17.3. The number of ether oxygens (including phenoxy) is 2. The first-order chi connectivity index (χ1) is 9.67. The Morgan fingerprint density at radius 2 is 2.00 bits per heavy atom. The standard InChI is InChI=1S/C15H20ClNO4/c1-10(14(19)17-15(2,3)4)21-13(18)9-20-12-7-5-6-11(16)8-12/h5-8,10H,9H2,1-4H3,(H,17,19)/t10-/m1/s1. The number of halogens is 1. The minimum Gasteiger partial charge on any atom is -0.482 e. The number of rotatable bonds is 5. The molecule has 21 heavy (non-hydrogen) atoms. The topological polar surface area (TPSA) is 64.6 Å². The molecule has 1 atom stereocenters. The fraction of sp³-hybridized carbons (Fsp3) is 0.467. The fourth-order valence-electron chi connectivity index (χ4n) is 1.45. The molecule has 0 aliphatic heterocycles. The van der Waals surface area contributed by atoms with Crippen LogP contribution in [0.5, 0.6) is 5.75 Å². The lowest BCUT2D eigenvalue weighted by atomic mass is 10.1. The number of carbonyl (C=O) groups is 2. The predicted molar refractivity (Wildman–Crippen MR) is 80.4 cm³/mol. The summed E-state index contributed by atoms with van der Waals surface area (Å²) in [5.74, 6) is -0.503. The summed E-state index contributed by atoms with van der Waals surface area (Å²) in [4.78, 5) is 23.4. The van der Waals surface area contributed by atoms with Crippen LogP contribution in [0.2, 0.25) is 5.02 Å². The quantitative estimate of drug-likeness (QED) is 0.849. The third-order valence-electron chi connectivity index (χ3n) is 2.33. The average Bonchev–Trinajstić information content (AvgIpc) is 2.34. The van der Waals surface area contributed by atoms with Crippen LogP contribution >= 0.6 is 11.6 Å². The van der Waals surface area contributed by atoms with Gasteiger partial charge in [0.15, 0.2) is 12.7 Å². The third-order valence-corrected chi connectivity index (χ3v) is 2.56. The van der Waals surface area contributed by atoms with Crippen molar-refractivity contribution in [1.82, 2.24) is 5.32 Å². The summed E-state index contributed by atoms with van der Waals surface area (Å²) >= 11 is 5.80. The number of carbonyl (C=O) groups excluding carboxylic acids is 2. The molecule has 0 aliphatic carbocycles. The van der Waals surface area contributed by atoms with Gasteiger partial charge in [0.05, 0.1) is 0 Å². The van der Waals surface area contributed by atoms with Gasteiger partial charge in [-0.3, -0.25) is 4.79 Å². The van der Waals surface area contributed by atoms with Crippen LogP contribution in [0.1, 0.15) is 27.7 Å². The summed E-state index contributed by atoms with van der Waals surface area (Å²) in [6.45, 7) is 6.77. The largest absolute Gasteiger partial charge is 0.482 e. The zero-order valence-electron chi connectivity index (χ0n) is 12.6. The van der Waals surface area contributed by atoms with E-state index in [1.54, 1.807) is 24.3 Å². The Kier molecular flexibility index (Phi) is 6.03. The number of benzene rings is 1. The Hall–Kier alpha value is -1.75. The number of esters is 1. The molecule has 0 aliphatic rings. The number of nitrogens with one attached hydrogen (secondary N) is 1. The second kappa shape index (κ2) is 7.31. The summed E-state index contributed by atoms with van der Waals surface area (Å²) in [7, 11) is 0. The van der Waals surface area contributed by atoms with Crippen molar-refractivity contribution in [3.63, 3.8) is 0 Å². The van der Waals surface area contributed by atoms with Crippen LogP contribution in [-0.4, -0.2) is 30.1 Å². The Labute approximate surface area is 129 Å². The lowest BCUT2D eigenvalue weighted by Gasteiger charge is -2.23. The molecule has 0 spiro atoms. The van der Waals surface area contributed by atoms with E-state index >= 15 is 0 Å². The van der Waals surface area contributed by atoms with Crippen molar-refractivity contribution in [2.24, 2.45) is 0 Å². The van der Waals surface area contributed by atoms with E-state index in [0.717, 1.165) is 0 Å². The van der Waals surface area contributed by atoms with Gasteiger partial charge in [-0.15, -0.1) is 0 Å². The predicted octanol–water partition coefficient (Wildman–Crippen LogP) is 2.57. The van der Waals surface area contributed by atoms with Crippen molar-refractivity contribution in [2.75, 3.05) is 6.61 Å². The molecule has 1 rings (SSSR count). The molecular weight excluding hydrogens is 294 g/mol. The molecule has 116 valence electrons. The highest BCUT2D eigenvalue weighted by molar-refractivity contribution is 6.30. The molecule has 0 unspecified atom stereocenters. The second-order valence-corrected chi connectivity index (χ2v) is 6.05. The van der Waals surface area contributed by atoms with Gasteiger partial charge in [0.2, 0.25) is 0 Å². The zero-order valence-corrected chi connectivity index (χ0v) is 13.4. The van der Waals surface area contributed by atoms with Crippen molar-refractivity contribution in [2.45, 2.75) is 39.3 Å². The molecule has 1 aromatic carbocycles. The van der Waals surface area contributed by atoms with Crippen LogP contribution in [0.4, 0.5) is 0 Å². The molecule has 0 aromatic heterocycles. The van der Waals surface area contributed by atoms with E-state index in [2.05, 4.69) is 5.32 Å². The molecular formula is C15H20ClNO4. The van der Waals surface area contributed by atoms with E-state index in [9.17, 15) is 9.59 Å². The molecule has 0 heterocycles. The molecule has 0 bridgehead atoms. The van der Waals surface area contributed by atoms with Crippen molar-refractivity contribution >= 4 is 23.5 Å². The lowest BCUT2D eigenvalue weighted by molar-refractivity contribution is -0.157. The smallest absolute Gasteiger partial charge is 0.344 e. The summed E-state index contributed by atoms with van der Waals surface area (Å²) < 4.78 is 10.2. The highest BCUT2D eigenvalue weighted by atomic mass is 35.5. The van der Waals surface area contributed by atoms with E-state index in [1.807, 2.05) is 20.8 Å². The van der Waals surface area contributed by atoms with Gasteiger partial charge in [-0.05, 0) is 45.9 Å². The molecule has 0 fully saturated rings. The highest BCUT2D eigenvalue weighted by Gasteiger charge is 2.22. The molecule has 1 aromatic rings. The van der Waals surface area contributed by atoms with Gasteiger partial charge in [0.1, 0.15) is 5.75 Å². The van der Waals surface area contributed by atoms with Crippen molar-refractivity contribution < 1.29 is 19.1 Å². The Morgan fingerprint density at radius 3 is 2.57 bits per heavy atom. The molecule has 0 radical (unpaired) electrons. The van der Waals surface area contributed by atoms with Gasteiger partial charge < -0.3 is 14.8 Å². The first-order valence-corrected chi connectivity index (χ1v) is 6.95. The van der Waals surface area contributed by atoms with E-state index in [0.29, 0.717) is 10.8 Å². The van der Waals surface area contributed by atoms with Gasteiger partial charge in [0, 0.05) is 10.6 Å². The SMILES string of the molecule is C[C@@H](OC(=O)COc1cccc(Cl)c1)C(=O)NC(C)(C)C. The van der Waals surface area contributed by atoms with E-state index in [4.69, 9.17) is 21.1 Å². The van der Waals surface area contributed by atoms with Crippen LogP contribution in [0, 0.1) is 0 Å². The van der Waals surface area contributed by atoms with Crippen LogP contribution in [0.3, 0.4) is 0 Å². The molecule has 0 saturated carbocycles. The van der Waals surface area contributed by atoms with Crippen LogP contribution < -0.4 is 10.1 Å². The monoisotopic (exact) mass is 313 g/mol. The van der Waals surface area contributed by atoms with Crippen LogP contribution in [-0.2, 0) is 14.3 Å². The summed E-state index contributed by atoms with van der Waals surface area (Å²) in [5.41, 5.74) is -0.380. The van der Waals surface area contributed by atoms with Crippen molar-refractivity contribution in [3.8, 4) is 5.75 Å². The maximum Gasteiger partial charge on any atom is 0.344 e. The molecule has 1 N–H and O–H groups in total. The Morgan fingerprint density at radius 1 is 1.33 bits per heavy atom. The van der Waals surface area contributed by atoms with E-state index in [-0.39, 0.29) is 18.1 Å². The maximum absolute atomic E-state index is 11.8.